The van der Waals surface area contributed by atoms with Gasteiger partial charge in [0.05, 0.1) is 5.60 Å². The highest BCUT2D eigenvalue weighted by Crippen LogP contribution is 2.24. The first-order chi connectivity index (χ1) is 5.83. The largest absolute Gasteiger partial charge is 0.381 e. The average Bonchev–Trinajstić information content (AvgIpc) is 2.32. The van der Waals surface area contributed by atoms with Crippen molar-refractivity contribution in [3.63, 3.8) is 0 Å². The van der Waals surface area contributed by atoms with E-state index in [2.05, 4.69) is 0 Å². The van der Waals surface area contributed by atoms with Gasteiger partial charge in [-0.15, -0.1) is 0 Å². The average molecular weight is 173 g/mol. The molecule has 72 valence electrons. The first-order valence-corrected chi connectivity index (χ1v) is 4.75. The van der Waals surface area contributed by atoms with E-state index in [0.717, 1.165) is 39.1 Å². The smallest absolute Gasteiger partial charge is 0.0826 e. The van der Waals surface area contributed by atoms with E-state index in [0.29, 0.717) is 6.54 Å². The van der Waals surface area contributed by atoms with Crippen LogP contribution in [0.3, 0.4) is 0 Å². The molecule has 3 heteroatoms. The van der Waals surface area contributed by atoms with Crippen LogP contribution in [0.1, 0.15) is 26.2 Å². The molecule has 0 spiro atoms. The maximum absolute atomic E-state index is 5.71. The zero-order chi connectivity index (χ0) is 8.86. The molecule has 1 rings (SSSR count). The predicted octanol–water partition coefficient (Wildman–Crippen LogP) is 0.921. The first kappa shape index (κ1) is 9.96. The summed E-state index contributed by atoms with van der Waals surface area (Å²) in [6, 6.07) is 0. The molecule has 1 saturated heterocycles. The lowest BCUT2D eigenvalue weighted by Gasteiger charge is -2.30. The summed E-state index contributed by atoms with van der Waals surface area (Å²) in [4.78, 5) is 0. The molecule has 2 N–H and O–H groups in total. The molecule has 1 heterocycles. The lowest BCUT2D eigenvalue weighted by Crippen LogP contribution is -2.41. The van der Waals surface area contributed by atoms with Crippen LogP contribution < -0.4 is 5.73 Å². The second kappa shape index (κ2) is 4.80. The third-order valence-corrected chi connectivity index (χ3v) is 2.45. The summed E-state index contributed by atoms with van der Waals surface area (Å²) in [5.41, 5.74) is 5.62. The van der Waals surface area contributed by atoms with Crippen LogP contribution in [0.15, 0.2) is 0 Å². The lowest BCUT2D eigenvalue weighted by atomic mass is 9.95. The maximum atomic E-state index is 5.71. The fraction of sp³-hybridized carbons (Fsp3) is 1.00. The molecule has 0 aliphatic carbocycles. The second-order valence-corrected chi connectivity index (χ2v) is 3.29. The molecule has 1 unspecified atom stereocenters. The minimum atomic E-state index is -0.0920. The maximum Gasteiger partial charge on any atom is 0.0826 e. The number of nitrogens with two attached hydrogens (primary N) is 1. The second-order valence-electron chi connectivity index (χ2n) is 3.29. The van der Waals surface area contributed by atoms with Crippen LogP contribution in [0.2, 0.25) is 0 Å². The van der Waals surface area contributed by atoms with Crippen molar-refractivity contribution in [2.45, 2.75) is 31.8 Å². The summed E-state index contributed by atoms with van der Waals surface area (Å²) in [5.74, 6) is 0. The minimum absolute atomic E-state index is 0.0920. The molecule has 0 aromatic carbocycles. The van der Waals surface area contributed by atoms with Gasteiger partial charge in [-0.2, -0.15) is 0 Å². The van der Waals surface area contributed by atoms with E-state index in [9.17, 15) is 0 Å². The number of ether oxygens (including phenoxy) is 2. The van der Waals surface area contributed by atoms with Gasteiger partial charge in [0, 0.05) is 32.8 Å². The van der Waals surface area contributed by atoms with Gasteiger partial charge in [0.25, 0.3) is 0 Å². The zero-order valence-corrected chi connectivity index (χ0v) is 7.84. The Morgan fingerprint density at radius 1 is 1.42 bits per heavy atom. The summed E-state index contributed by atoms with van der Waals surface area (Å²) in [6.07, 6.45) is 3.05. The van der Waals surface area contributed by atoms with E-state index in [4.69, 9.17) is 15.2 Å². The Balaban J connectivity index is 2.48. The Morgan fingerprint density at radius 3 is 2.92 bits per heavy atom. The molecule has 0 bridgehead atoms. The molecule has 12 heavy (non-hydrogen) atoms. The van der Waals surface area contributed by atoms with E-state index in [-0.39, 0.29) is 5.60 Å². The number of rotatable bonds is 3. The molecule has 0 amide bonds. The van der Waals surface area contributed by atoms with Crippen LogP contribution in [0.4, 0.5) is 0 Å². The highest BCUT2D eigenvalue weighted by molar-refractivity contribution is 4.83. The third-order valence-electron chi connectivity index (χ3n) is 2.45. The van der Waals surface area contributed by atoms with Crippen LogP contribution in [0, 0.1) is 0 Å². The minimum Gasteiger partial charge on any atom is -0.381 e. The number of hydrogen-bond donors (Lipinski definition) is 1. The topological polar surface area (TPSA) is 44.5 Å². The fourth-order valence-corrected chi connectivity index (χ4v) is 1.70. The van der Waals surface area contributed by atoms with Gasteiger partial charge >= 0.3 is 0 Å². The van der Waals surface area contributed by atoms with Crippen molar-refractivity contribution in [3.05, 3.63) is 0 Å². The Bertz CT molecular complexity index is 120. The van der Waals surface area contributed by atoms with E-state index in [1.165, 1.54) is 0 Å². The van der Waals surface area contributed by atoms with Gasteiger partial charge in [0.1, 0.15) is 0 Å². The van der Waals surface area contributed by atoms with Crippen molar-refractivity contribution >= 4 is 0 Å². The standard InChI is InChI=1S/C9H19NO2/c1-2-12-9(8-10)4-3-6-11-7-5-9/h2-8,10H2,1H3. The summed E-state index contributed by atoms with van der Waals surface area (Å²) in [5, 5.41) is 0. The van der Waals surface area contributed by atoms with Crippen LogP contribution >= 0.6 is 0 Å². The molecule has 1 aliphatic heterocycles. The quantitative estimate of drug-likeness (QED) is 0.690. The first-order valence-electron chi connectivity index (χ1n) is 4.75. The Hall–Kier alpha value is -0.120. The van der Waals surface area contributed by atoms with Crippen LogP contribution in [0.25, 0.3) is 0 Å². The highest BCUT2D eigenvalue weighted by Gasteiger charge is 2.29. The molecule has 1 fully saturated rings. The van der Waals surface area contributed by atoms with Crippen molar-refractivity contribution in [1.29, 1.82) is 0 Å². The van der Waals surface area contributed by atoms with E-state index < -0.39 is 0 Å². The highest BCUT2D eigenvalue weighted by atomic mass is 16.5. The van der Waals surface area contributed by atoms with Crippen molar-refractivity contribution in [2.24, 2.45) is 5.73 Å². The molecule has 1 aliphatic rings. The Kier molecular flexibility index (Phi) is 3.98. The lowest BCUT2D eigenvalue weighted by molar-refractivity contribution is -0.0454. The van der Waals surface area contributed by atoms with Gasteiger partial charge in [-0.3, -0.25) is 0 Å². The molecule has 0 radical (unpaired) electrons. The van der Waals surface area contributed by atoms with E-state index in [1.807, 2.05) is 6.92 Å². The third kappa shape index (κ3) is 2.44. The summed E-state index contributed by atoms with van der Waals surface area (Å²) >= 11 is 0. The molecular formula is C9H19NO2. The Labute approximate surface area is 74.2 Å². The molecular weight excluding hydrogens is 154 g/mol. The summed E-state index contributed by atoms with van der Waals surface area (Å²) in [6.45, 7) is 5.02. The van der Waals surface area contributed by atoms with Crippen molar-refractivity contribution in [2.75, 3.05) is 26.4 Å². The monoisotopic (exact) mass is 173 g/mol. The van der Waals surface area contributed by atoms with Crippen molar-refractivity contribution in [1.82, 2.24) is 0 Å². The SMILES string of the molecule is CCOC1(CN)CCCOCC1. The van der Waals surface area contributed by atoms with E-state index in [1.54, 1.807) is 0 Å². The molecule has 3 nitrogen and oxygen atoms in total. The fourth-order valence-electron chi connectivity index (χ4n) is 1.70. The van der Waals surface area contributed by atoms with Gasteiger partial charge in [-0.25, -0.2) is 0 Å². The molecule has 0 aromatic rings. The Morgan fingerprint density at radius 2 is 2.25 bits per heavy atom. The van der Waals surface area contributed by atoms with Gasteiger partial charge in [-0.1, -0.05) is 0 Å². The van der Waals surface area contributed by atoms with Gasteiger partial charge in [0.2, 0.25) is 0 Å². The summed E-state index contributed by atoms with van der Waals surface area (Å²) in [7, 11) is 0. The predicted molar refractivity (Wildman–Crippen MR) is 48.1 cm³/mol. The van der Waals surface area contributed by atoms with Gasteiger partial charge in [0.15, 0.2) is 0 Å². The normalized spacial score (nSPS) is 31.5. The van der Waals surface area contributed by atoms with Crippen LogP contribution in [0.5, 0.6) is 0 Å². The van der Waals surface area contributed by atoms with E-state index >= 15 is 0 Å². The zero-order valence-electron chi connectivity index (χ0n) is 7.84. The summed E-state index contributed by atoms with van der Waals surface area (Å²) < 4.78 is 11.1. The molecule has 0 aromatic heterocycles. The van der Waals surface area contributed by atoms with Crippen molar-refractivity contribution in [3.8, 4) is 0 Å². The van der Waals surface area contributed by atoms with Gasteiger partial charge in [-0.05, 0) is 19.8 Å². The van der Waals surface area contributed by atoms with Crippen LogP contribution in [-0.4, -0.2) is 32.0 Å². The van der Waals surface area contributed by atoms with Crippen LogP contribution in [-0.2, 0) is 9.47 Å². The van der Waals surface area contributed by atoms with Crippen molar-refractivity contribution < 1.29 is 9.47 Å². The molecule has 1 atom stereocenters. The van der Waals surface area contributed by atoms with Gasteiger partial charge < -0.3 is 15.2 Å². The molecule has 0 saturated carbocycles. The number of hydrogen-bond acceptors (Lipinski definition) is 3.